The second-order valence-electron chi connectivity index (χ2n) is 5.94. The summed E-state index contributed by atoms with van der Waals surface area (Å²) in [6.45, 7) is 7.30. The van der Waals surface area contributed by atoms with Gasteiger partial charge in [0.1, 0.15) is 12.0 Å². The summed E-state index contributed by atoms with van der Waals surface area (Å²) < 4.78 is 10.9. The summed E-state index contributed by atoms with van der Waals surface area (Å²) in [7, 11) is 1.84. The topological polar surface area (TPSA) is 68.7 Å². The lowest BCUT2D eigenvalue weighted by Crippen LogP contribution is -2.62. The van der Waals surface area contributed by atoms with Crippen molar-refractivity contribution < 1.29 is 13.9 Å². The van der Waals surface area contributed by atoms with E-state index in [1.54, 1.807) is 11.0 Å². The number of carbonyl (C=O) groups excluding carboxylic acids is 1. The van der Waals surface area contributed by atoms with Gasteiger partial charge in [-0.2, -0.15) is 0 Å². The van der Waals surface area contributed by atoms with Crippen molar-refractivity contribution >= 4 is 18.3 Å². The van der Waals surface area contributed by atoms with Crippen molar-refractivity contribution in [2.75, 3.05) is 13.7 Å². The van der Waals surface area contributed by atoms with E-state index >= 15 is 0 Å². The molecule has 120 valence electrons. The summed E-state index contributed by atoms with van der Waals surface area (Å²) in [5.41, 5.74) is 6.03. The van der Waals surface area contributed by atoms with Gasteiger partial charge in [0.25, 0.3) is 5.91 Å². The zero-order valence-electron chi connectivity index (χ0n) is 13.1. The number of carbonyl (C=O) groups is 1. The van der Waals surface area contributed by atoms with Gasteiger partial charge in [0.2, 0.25) is 0 Å². The standard InChI is InChI=1S/C15H24N2O3.ClH/c1-5-19-13-7-12(15(13,2)3)17(4)14(18)10-6-11(8-16)20-9-10;/h6,9,12-13H,5,7-8,16H2,1-4H3;1H. The Hall–Kier alpha value is -1.04. The lowest BCUT2D eigenvalue weighted by molar-refractivity contribution is -0.136. The average Bonchev–Trinajstić information content (AvgIpc) is 2.90. The molecule has 1 aliphatic carbocycles. The molecule has 0 aliphatic heterocycles. The Morgan fingerprint density at radius 3 is 2.71 bits per heavy atom. The first-order chi connectivity index (χ1) is 9.41. The molecular formula is C15H25ClN2O3. The third-order valence-electron chi connectivity index (χ3n) is 4.38. The number of hydrogen-bond donors (Lipinski definition) is 1. The Balaban J connectivity index is 0.00000220. The number of nitrogens with two attached hydrogens (primary N) is 1. The molecule has 2 rings (SSSR count). The van der Waals surface area contributed by atoms with Gasteiger partial charge in [-0.3, -0.25) is 4.79 Å². The van der Waals surface area contributed by atoms with Crippen LogP contribution in [0.4, 0.5) is 0 Å². The first-order valence-corrected chi connectivity index (χ1v) is 7.08. The van der Waals surface area contributed by atoms with Gasteiger partial charge in [0, 0.05) is 25.1 Å². The molecule has 0 spiro atoms. The molecule has 6 heteroatoms. The largest absolute Gasteiger partial charge is 0.467 e. The van der Waals surface area contributed by atoms with Crippen LogP contribution in [-0.4, -0.2) is 36.6 Å². The van der Waals surface area contributed by atoms with E-state index in [-0.39, 0.29) is 35.9 Å². The molecule has 1 amide bonds. The highest BCUT2D eigenvalue weighted by atomic mass is 35.5. The molecule has 2 unspecified atom stereocenters. The fraction of sp³-hybridized carbons (Fsp3) is 0.667. The minimum absolute atomic E-state index is 0. The predicted molar refractivity (Wildman–Crippen MR) is 83.5 cm³/mol. The summed E-state index contributed by atoms with van der Waals surface area (Å²) >= 11 is 0. The van der Waals surface area contributed by atoms with Gasteiger partial charge >= 0.3 is 0 Å². The SMILES string of the molecule is CCOC1CC(N(C)C(=O)c2coc(CN)c2)C1(C)C.Cl. The Morgan fingerprint density at radius 1 is 1.57 bits per heavy atom. The lowest BCUT2D eigenvalue weighted by atomic mass is 9.63. The van der Waals surface area contributed by atoms with Crippen LogP contribution in [0.2, 0.25) is 0 Å². The molecule has 1 saturated carbocycles. The summed E-state index contributed by atoms with van der Waals surface area (Å²) in [5, 5.41) is 0. The lowest BCUT2D eigenvalue weighted by Gasteiger charge is -2.54. The van der Waals surface area contributed by atoms with Crippen molar-refractivity contribution in [2.24, 2.45) is 11.1 Å². The summed E-state index contributed by atoms with van der Waals surface area (Å²) in [6, 6.07) is 1.90. The van der Waals surface area contributed by atoms with E-state index < -0.39 is 0 Å². The second-order valence-corrected chi connectivity index (χ2v) is 5.94. The zero-order valence-corrected chi connectivity index (χ0v) is 13.9. The number of amides is 1. The Labute approximate surface area is 132 Å². The van der Waals surface area contributed by atoms with E-state index in [1.165, 1.54) is 6.26 Å². The van der Waals surface area contributed by atoms with Crippen molar-refractivity contribution in [1.29, 1.82) is 0 Å². The molecule has 0 radical (unpaired) electrons. The highest BCUT2D eigenvalue weighted by Crippen LogP contribution is 2.45. The van der Waals surface area contributed by atoms with Crippen LogP contribution in [0.3, 0.4) is 0 Å². The van der Waals surface area contributed by atoms with Gasteiger partial charge in [0.15, 0.2) is 0 Å². The number of hydrogen-bond acceptors (Lipinski definition) is 4. The Morgan fingerprint density at radius 2 is 2.24 bits per heavy atom. The smallest absolute Gasteiger partial charge is 0.257 e. The van der Waals surface area contributed by atoms with Gasteiger partial charge in [-0.25, -0.2) is 0 Å². The fourth-order valence-electron chi connectivity index (χ4n) is 2.95. The van der Waals surface area contributed by atoms with Crippen LogP contribution in [0.25, 0.3) is 0 Å². The fourth-order valence-corrected chi connectivity index (χ4v) is 2.95. The van der Waals surface area contributed by atoms with Gasteiger partial charge in [-0.1, -0.05) is 13.8 Å². The Bertz CT molecular complexity index is 487. The van der Waals surface area contributed by atoms with Crippen LogP contribution < -0.4 is 5.73 Å². The minimum atomic E-state index is -0.0269. The van der Waals surface area contributed by atoms with Crippen LogP contribution in [-0.2, 0) is 11.3 Å². The molecule has 0 aromatic carbocycles. The number of halogens is 1. The molecule has 1 aromatic rings. The Kier molecular flexibility index (Phi) is 5.84. The summed E-state index contributed by atoms with van der Waals surface area (Å²) in [6.07, 6.45) is 2.58. The molecule has 5 nitrogen and oxygen atoms in total. The minimum Gasteiger partial charge on any atom is -0.467 e. The van der Waals surface area contributed by atoms with E-state index in [2.05, 4.69) is 13.8 Å². The first kappa shape index (κ1) is 18.0. The van der Waals surface area contributed by atoms with Crippen molar-refractivity contribution in [2.45, 2.75) is 45.9 Å². The average molecular weight is 317 g/mol. The van der Waals surface area contributed by atoms with Crippen LogP contribution in [0.15, 0.2) is 16.7 Å². The monoisotopic (exact) mass is 316 g/mol. The van der Waals surface area contributed by atoms with Crippen LogP contribution in [0.5, 0.6) is 0 Å². The van der Waals surface area contributed by atoms with Crippen molar-refractivity contribution in [3.8, 4) is 0 Å². The maximum Gasteiger partial charge on any atom is 0.257 e. The van der Waals surface area contributed by atoms with E-state index in [0.29, 0.717) is 24.5 Å². The van der Waals surface area contributed by atoms with E-state index in [1.807, 2.05) is 14.0 Å². The quantitative estimate of drug-likeness (QED) is 0.906. The first-order valence-electron chi connectivity index (χ1n) is 7.08. The maximum absolute atomic E-state index is 12.4. The molecular weight excluding hydrogens is 292 g/mol. The van der Waals surface area contributed by atoms with Crippen molar-refractivity contribution in [3.05, 3.63) is 23.7 Å². The summed E-state index contributed by atoms with van der Waals surface area (Å²) in [4.78, 5) is 14.2. The van der Waals surface area contributed by atoms with E-state index in [9.17, 15) is 4.79 Å². The predicted octanol–water partition coefficient (Wildman–Crippen LogP) is 2.44. The third kappa shape index (κ3) is 3.25. The zero-order chi connectivity index (χ0) is 14.9. The molecule has 0 saturated heterocycles. The molecule has 0 bridgehead atoms. The van der Waals surface area contributed by atoms with E-state index in [4.69, 9.17) is 14.9 Å². The molecule has 1 aromatic heterocycles. The van der Waals surface area contributed by atoms with Crippen LogP contribution in [0, 0.1) is 5.41 Å². The highest BCUT2D eigenvalue weighted by molar-refractivity contribution is 5.94. The highest BCUT2D eigenvalue weighted by Gasteiger charge is 2.51. The van der Waals surface area contributed by atoms with Crippen molar-refractivity contribution in [1.82, 2.24) is 4.90 Å². The number of furan rings is 1. The molecule has 1 aliphatic rings. The molecule has 21 heavy (non-hydrogen) atoms. The number of ether oxygens (including phenoxy) is 1. The molecule has 1 fully saturated rings. The van der Waals surface area contributed by atoms with Gasteiger partial charge in [-0.15, -0.1) is 12.4 Å². The summed E-state index contributed by atoms with van der Waals surface area (Å²) in [5.74, 6) is 0.600. The molecule has 1 heterocycles. The second kappa shape index (κ2) is 6.81. The molecule has 2 atom stereocenters. The van der Waals surface area contributed by atoms with Crippen LogP contribution in [0.1, 0.15) is 43.3 Å². The van der Waals surface area contributed by atoms with Gasteiger partial charge in [0.05, 0.1) is 18.2 Å². The van der Waals surface area contributed by atoms with Gasteiger partial charge < -0.3 is 19.8 Å². The maximum atomic E-state index is 12.4. The van der Waals surface area contributed by atoms with Crippen molar-refractivity contribution in [3.63, 3.8) is 0 Å². The van der Waals surface area contributed by atoms with E-state index in [0.717, 1.165) is 6.42 Å². The molecule has 2 N–H and O–H groups in total. The normalized spacial score (nSPS) is 23.1. The number of rotatable bonds is 5. The third-order valence-corrected chi connectivity index (χ3v) is 4.38. The van der Waals surface area contributed by atoms with Gasteiger partial charge in [-0.05, 0) is 19.4 Å². The number of nitrogens with zero attached hydrogens (tertiary/aromatic N) is 1. The van der Waals surface area contributed by atoms with Crippen LogP contribution >= 0.6 is 12.4 Å².